The third-order valence-corrected chi connectivity index (χ3v) is 3.95. The van der Waals surface area contributed by atoms with Crippen LogP contribution in [0.5, 0.6) is 0 Å². The van der Waals surface area contributed by atoms with Gasteiger partial charge in [0.15, 0.2) is 0 Å². The number of carbonyl (C=O) groups is 1. The van der Waals surface area contributed by atoms with Crippen LogP contribution in [0.4, 0.5) is 5.69 Å². The Labute approximate surface area is 121 Å². The van der Waals surface area contributed by atoms with Crippen molar-refractivity contribution in [3.05, 3.63) is 27.3 Å². The maximum absolute atomic E-state index is 12.0. The van der Waals surface area contributed by atoms with E-state index in [0.29, 0.717) is 12.3 Å². The molecule has 2 rings (SSSR count). The maximum atomic E-state index is 12.0. The third kappa shape index (κ3) is 3.95. The summed E-state index contributed by atoms with van der Waals surface area (Å²) in [4.78, 5) is 12.0. The van der Waals surface area contributed by atoms with E-state index in [2.05, 4.69) is 34.0 Å². The van der Waals surface area contributed by atoms with Gasteiger partial charge in [-0.05, 0) is 72.0 Å². The highest BCUT2D eigenvalue weighted by atomic mass is 127. The van der Waals surface area contributed by atoms with Gasteiger partial charge in [0.05, 0.1) is 0 Å². The first-order valence-corrected chi connectivity index (χ1v) is 7.37. The summed E-state index contributed by atoms with van der Waals surface area (Å²) in [5.74, 6) is 0.592. The Morgan fingerprint density at radius 2 is 2.17 bits per heavy atom. The van der Waals surface area contributed by atoms with Crippen molar-refractivity contribution in [2.24, 2.45) is 5.92 Å². The van der Waals surface area contributed by atoms with Crippen molar-refractivity contribution in [3.63, 3.8) is 0 Å². The van der Waals surface area contributed by atoms with Gasteiger partial charge in [-0.2, -0.15) is 0 Å². The van der Waals surface area contributed by atoms with Crippen LogP contribution in [0.15, 0.2) is 18.2 Å². The van der Waals surface area contributed by atoms with E-state index in [4.69, 9.17) is 4.74 Å². The van der Waals surface area contributed by atoms with Gasteiger partial charge < -0.3 is 10.1 Å². The van der Waals surface area contributed by atoms with Crippen LogP contribution in [0.2, 0.25) is 0 Å². The molecule has 3 nitrogen and oxygen atoms in total. The molecular weight excluding hydrogens is 341 g/mol. The number of hydrogen-bond donors (Lipinski definition) is 1. The molecule has 0 bridgehead atoms. The standard InChI is InChI=1S/C14H18INO2/c1-10-8-12(15)2-3-13(10)16-14(17)9-11-4-6-18-7-5-11/h2-3,8,11H,4-7,9H2,1H3,(H,16,17). The van der Waals surface area contributed by atoms with Gasteiger partial charge in [0.25, 0.3) is 0 Å². The Morgan fingerprint density at radius 3 is 2.83 bits per heavy atom. The minimum atomic E-state index is 0.117. The first-order chi connectivity index (χ1) is 8.65. The average molecular weight is 359 g/mol. The van der Waals surface area contributed by atoms with Gasteiger partial charge in [-0.25, -0.2) is 0 Å². The summed E-state index contributed by atoms with van der Waals surface area (Å²) in [5, 5.41) is 3.00. The van der Waals surface area contributed by atoms with E-state index in [0.717, 1.165) is 37.3 Å². The van der Waals surface area contributed by atoms with Crippen LogP contribution in [0.1, 0.15) is 24.8 Å². The van der Waals surface area contributed by atoms with Crippen LogP contribution >= 0.6 is 22.6 Å². The molecule has 18 heavy (non-hydrogen) atoms. The Bertz CT molecular complexity index is 428. The predicted octanol–water partition coefficient (Wildman–Crippen LogP) is 3.35. The Hall–Kier alpha value is -0.620. The second kappa shape index (κ2) is 6.52. The molecule has 0 unspecified atom stereocenters. The number of rotatable bonds is 3. The Morgan fingerprint density at radius 1 is 1.44 bits per heavy atom. The van der Waals surface area contributed by atoms with Crippen molar-refractivity contribution in [3.8, 4) is 0 Å². The summed E-state index contributed by atoms with van der Waals surface area (Å²) in [6.07, 6.45) is 2.60. The van der Waals surface area contributed by atoms with Crippen molar-refractivity contribution in [1.29, 1.82) is 0 Å². The first kappa shape index (κ1) is 13.8. The van der Waals surface area contributed by atoms with E-state index in [-0.39, 0.29) is 5.91 Å². The zero-order chi connectivity index (χ0) is 13.0. The Balaban J connectivity index is 1.90. The molecule has 0 aliphatic carbocycles. The molecule has 98 valence electrons. The lowest BCUT2D eigenvalue weighted by atomic mass is 9.96. The third-order valence-electron chi connectivity index (χ3n) is 3.28. The van der Waals surface area contributed by atoms with Gasteiger partial charge in [0.1, 0.15) is 0 Å². The van der Waals surface area contributed by atoms with Crippen molar-refractivity contribution < 1.29 is 9.53 Å². The van der Waals surface area contributed by atoms with E-state index in [1.807, 2.05) is 19.1 Å². The number of amides is 1. The van der Waals surface area contributed by atoms with E-state index < -0.39 is 0 Å². The van der Waals surface area contributed by atoms with Crippen LogP contribution in [0, 0.1) is 16.4 Å². The van der Waals surface area contributed by atoms with Crippen LogP contribution in [0.3, 0.4) is 0 Å². The molecule has 1 aliphatic heterocycles. The van der Waals surface area contributed by atoms with E-state index >= 15 is 0 Å². The van der Waals surface area contributed by atoms with Crippen molar-refractivity contribution in [1.82, 2.24) is 0 Å². The molecule has 1 fully saturated rings. The molecule has 1 N–H and O–H groups in total. The fraction of sp³-hybridized carbons (Fsp3) is 0.500. The fourth-order valence-electron chi connectivity index (χ4n) is 2.18. The second-order valence-corrected chi connectivity index (χ2v) is 6.01. The topological polar surface area (TPSA) is 38.3 Å². The number of nitrogens with one attached hydrogen (secondary N) is 1. The zero-order valence-electron chi connectivity index (χ0n) is 10.5. The molecule has 1 saturated heterocycles. The maximum Gasteiger partial charge on any atom is 0.224 e. The summed E-state index contributed by atoms with van der Waals surface area (Å²) >= 11 is 2.27. The molecule has 1 amide bonds. The molecule has 0 radical (unpaired) electrons. The molecule has 1 aromatic rings. The number of aryl methyl sites for hydroxylation is 1. The second-order valence-electron chi connectivity index (χ2n) is 4.77. The zero-order valence-corrected chi connectivity index (χ0v) is 12.7. The SMILES string of the molecule is Cc1cc(I)ccc1NC(=O)CC1CCOCC1. The van der Waals surface area contributed by atoms with Gasteiger partial charge in [0, 0.05) is 28.9 Å². The fourth-order valence-corrected chi connectivity index (χ4v) is 2.83. The quantitative estimate of drug-likeness (QED) is 0.841. The minimum Gasteiger partial charge on any atom is -0.381 e. The molecular formula is C14H18INO2. The first-order valence-electron chi connectivity index (χ1n) is 6.29. The number of anilines is 1. The molecule has 0 aromatic heterocycles. The molecule has 1 heterocycles. The smallest absolute Gasteiger partial charge is 0.224 e. The lowest BCUT2D eigenvalue weighted by molar-refractivity contribution is -0.117. The molecule has 4 heteroatoms. The molecule has 0 spiro atoms. The predicted molar refractivity (Wildman–Crippen MR) is 80.7 cm³/mol. The van der Waals surface area contributed by atoms with Crippen molar-refractivity contribution in [2.45, 2.75) is 26.2 Å². The van der Waals surface area contributed by atoms with E-state index in [1.165, 1.54) is 3.57 Å². The van der Waals surface area contributed by atoms with Crippen LogP contribution < -0.4 is 5.32 Å². The van der Waals surface area contributed by atoms with Crippen molar-refractivity contribution in [2.75, 3.05) is 18.5 Å². The Kier molecular flexibility index (Phi) is 5.00. The lowest BCUT2D eigenvalue weighted by Gasteiger charge is -2.21. The van der Waals surface area contributed by atoms with Gasteiger partial charge in [-0.15, -0.1) is 0 Å². The monoisotopic (exact) mass is 359 g/mol. The minimum absolute atomic E-state index is 0.117. The van der Waals surface area contributed by atoms with Crippen molar-refractivity contribution >= 4 is 34.2 Å². The van der Waals surface area contributed by atoms with Crippen LogP contribution in [0.25, 0.3) is 0 Å². The number of halogens is 1. The van der Waals surface area contributed by atoms with E-state index in [9.17, 15) is 4.79 Å². The number of carbonyl (C=O) groups excluding carboxylic acids is 1. The summed E-state index contributed by atoms with van der Waals surface area (Å²) in [5.41, 5.74) is 2.04. The van der Waals surface area contributed by atoms with Gasteiger partial charge >= 0.3 is 0 Å². The number of benzene rings is 1. The van der Waals surface area contributed by atoms with Gasteiger partial charge in [-0.1, -0.05) is 0 Å². The number of ether oxygens (including phenoxy) is 1. The van der Waals surface area contributed by atoms with Crippen LogP contribution in [-0.2, 0) is 9.53 Å². The summed E-state index contributed by atoms with van der Waals surface area (Å²) < 4.78 is 6.49. The highest BCUT2D eigenvalue weighted by molar-refractivity contribution is 14.1. The largest absolute Gasteiger partial charge is 0.381 e. The molecule has 1 aromatic carbocycles. The van der Waals surface area contributed by atoms with Gasteiger partial charge in [-0.3, -0.25) is 4.79 Å². The number of hydrogen-bond acceptors (Lipinski definition) is 2. The van der Waals surface area contributed by atoms with Crippen LogP contribution in [-0.4, -0.2) is 19.1 Å². The van der Waals surface area contributed by atoms with E-state index in [1.54, 1.807) is 0 Å². The molecule has 1 aliphatic rings. The average Bonchev–Trinajstić information content (AvgIpc) is 2.34. The summed E-state index contributed by atoms with van der Waals surface area (Å²) in [7, 11) is 0. The van der Waals surface area contributed by atoms with Gasteiger partial charge in [0.2, 0.25) is 5.91 Å². The molecule has 0 saturated carbocycles. The highest BCUT2D eigenvalue weighted by Crippen LogP contribution is 2.21. The summed E-state index contributed by atoms with van der Waals surface area (Å²) in [6, 6.07) is 6.06. The normalized spacial score (nSPS) is 16.6. The lowest BCUT2D eigenvalue weighted by Crippen LogP contribution is -2.22. The molecule has 0 atom stereocenters. The summed E-state index contributed by atoms with van der Waals surface area (Å²) in [6.45, 7) is 3.60. The highest BCUT2D eigenvalue weighted by Gasteiger charge is 2.17.